The lowest BCUT2D eigenvalue weighted by atomic mass is 10.0. The van der Waals surface area contributed by atoms with Crippen molar-refractivity contribution in [3.63, 3.8) is 0 Å². The van der Waals surface area contributed by atoms with Crippen LogP contribution in [0.5, 0.6) is 0 Å². The highest BCUT2D eigenvalue weighted by Gasteiger charge is 2.20. The number of nitrogens with zero attached hydrogens (tertiary/aromatic N) is 2. The van der Waals surface area contributed by atoms with Gasteiger partial charge in [0.2, 0.25) is 20.9 Å². The number of carbonyl (C=O) groups excluding carboxylic acids is 1. The van der Waals surface area contributed by atoms with Crippen LogP contribution in [0.25, 0.3) is 21.3 Å². The molecule has 6 nitrogen and oxygen atoms in total. The Kier molecular flexibility index (Phi) is 4.06. The van der Waals surface area contributed by atoms with Crippen molar-refractivity contribution in [1.82, 2.24) is 9.97 Å². The van der Waals surface area contributed by atoms with E-state index in [0.29, 0.717) is 26.2 Å². The van der Waals surface area contributed by atoms with E-state index in [1.807, 2.05) is 0 Å². The highest BCUT2D eigenvalue weighted by atomic mass is 32.2. The van der Waals surface area contributed by atoms with Crippen molar-refractivity contribution in [3.8, 4) is 11.1 Å². The summed E-state index contributed by atoms with van der Waals surface area (Å²) in [6.07, 6.45) is 2.39. The summed E-state index contributed by atoms with van der Waals surface area (Å²) < 4.78 is 37.2. The van der Waals surface area contributed by atoms with Gasteiger partial charge in [0.25, 0.3) is 0 Å². The van der Waals surface area contributed by atoms with E-state index in [0.717, 1.165) is 6.26 Å². The molecule has 0 aliphatic carbocycles. The number of carbonyl (C=O) groups is 1. The van der Waals surface area contributed by atoms with Crippen molar-refractivity contribution in [3.05, 3.63) is 41.2 Å². The van der Waals surface area contributed by atoms with E-state index in [4.69, 9.17) is 5.73 Å². The minimum atomic E-state index is -3.58. The maximum absolute atomic E-state index is 13.2. The number of amides is 1. The fraction of sp³-hybridized carbons (Fsp3) is 0.133. The van der Waals surface area contributed by atoms with Crippen LogP contribution in [0.4, 0.5) is 4.39 Å². The largest absolute Gasteiger partial charge is 0.369 e. The summed E-state index contributed by atoms with van der Waals surface area (Å²) in [7, 11) is -3.58. The molecule has 0 aliphatic heterocycles. The number of nitrogens with two attached hydrogens (primary N) is 1. The van der Waals surface area contributed by atoms with E-state index >= 15 is 0 Å². The van der Waals surface area contributed by atoms with Crippen molar-refractivity contribution in [2.75, 3.05) is 6.26 Å². The molecule has 2 heterocycles. The van der Waals surface area contributed by atoms with E-state index in [1.54, 1.807) is 12.1 Å². The Morgan fingerprint density at radius 3 is 2.54 bits per heavy atom. The minimum absolute atomic E-state index is 0.0258. The monoisotopic (exact) mass is 365 g/mol. The fourth-order valence-electron chi connectivity index (χ4n) is 2.30. The van der Waals surface area contributed by atoms with E-state index in [1.165, 1.54) is 29.7 Å². The van der Waals surface area contributed by atoms with Crippen LogP contribution in [0.1, 0.15) is 4.88 Å². The molecular weight excluding hydrogens is 353 g/mol. The number of hydrogen-bond donors (Lipinski definition) is 1. The summed E-state index contributed by atoms with van der Waals surface area (Å²) in [6, 6.07) is 5.66. The van der Waals surface area contributed by atoms with E-state index < -0.39 is 21.6 Å². The standard InChI is InChI=1S/C15H12FN3O3S2/c1-24(21,22)15-18-7-11-14(19-15)13(10(23-11)6-12(17)20)8-2-4-9(16)5-3-8/h2-5,7H,6H2,1H3,(H2,17,20). The molecule has 9 heteroatoms. The highest BCUT2D eigenvalue weighted by Crippen LogP contribution is 2.38. The van der Waals surface area contributed by atoms with Gasteiger partial charge in [-0.15, -0.1) is 11.3 Å². The molecule has 0 saturated carbocycles. The highest BCUT2D eigenvalue weighted by molar-refractivity contribution is 7.90. The van der Waals surface area contributed by atoms with Crippen LogP contribution in [-0.4, -0.2) is 30.5 Å². The third-order valence-electron chi connectivity index (χ3n) is 3.28. The molecule has 2 aromatic heterocycles. The average molecular weight is 365 g/mol. The number of benzene rings is 1. The quantitative estimate of drug-likeness (QED) is 0.712. The predicted octanol–water partition coefficient (Wildman–Crippen LogP) is 1.93. The number of aromatic nitrogens is 2. The van der Waals surface area contributed by atoms with Gasteiger partial charge in [-0.1, -0.05) is 12.1 Å². The van der Waals surface area contributed by atoms with Crippen molar-refractivity contribution in [2.24, 2.45) is 5.73 Å². The molecule has 3 rings (SSSR count). The van der Waals surface area contributed by atoms with Crippen molar-refractivity contribution in [2.45, 2.75) is 11.6 Å². The first-order chi connectivity index (χ1) is 11.3. The SMILES string of the molecule is CS(=O)(=O)c1ncc2sc(CC(N)=O)c(-c3ccc(F)cc3)c2n1. The molecular formula is C15H12FN3O3S2. The zero-order chi connectivity index (χ0) is 17.5. The number of halogens is 1. The molecule has 0 spiro atoms. The number of sulfone groups is 1. The molecule has 0 bridgehead atoms. The van der Waals surface area contributed by atoms with Crippen LogP contribution in [0.15, 0.2) is 35.6 Å². The number of rotatable bonds is 4. The third-order valence-corrected chi connectivity index (χ3v) is 5.25. The first kappa shape index (κ1) is 16.5. The number of primary amides is 1. The van der Waals surface area contributed by atoms with Gasteiger partial charge in [-0.2, -0.15) is 0 Å². The normalized spacial score (nSPS) is 11.8. The maximum Gasteiger partial charge on any atom is 0.247 e. The zero-order valence-corrected chi connectivity index (χ0v) is 14.1. The molecule has 2 N–H and O–H groups in total. The van der Waals surface area contributed by atoms with E-state index in [2.05, 4.69) is 9.97 Å². The van der Waals surface area contributed by atoms with Gasteiger partial charge in [-0.05, 0) is 17.7 Å². The Bertz CT molecular complexity index is 1040. The summed E-state index contributed by atoms with van der Waals surface area (Å²) in [5.41, 5.74) is 6.89. The molecule has 3 aromatic rings. The predicted molar refractivity (Wildman–Crippen MR) is 88.8 cm³/mol. The zero-order valence-electron chi connectivity index (χ0n) is 12.5. The van der Waals surface area contributed by atoms with Crippen LogP contribution in [0.3, 0.4) is 0 Å². The summed E-state index contributed by atoms with van der Waals surface area (Å²) in [5, 5.41) is -0.304. The molecule has 0 aliphatic rings. The molecule has 1 amide bonds. The molecule has 24 heavy (non-hydrogen) atoms. The first-order valence-corrected chi connectivity index (χ1v) is 9.49. The van der Waals surface area contributed by atoms with Crippen molar-refractivity contribution < 1.29 is 17.6 Å². The Hall–Kier alpha value is -2.39. The molecule has 0 atom stereocenters. The smallest absolute Gasteiger partial charge is 0.247 e. The second-order valence-electron chi connectivity index (χ2n) is 5.19. The van der Waals surface area contributed by atoms with Crippen LogP contribution in [-0.2, 0) is 21.1 Å². The Balaban J connectivity index is 2.32. The molecule has 0 unspecified atom stereocenters. The molecule has 1 aromatic carbocycles. The van der Waals surface area contributed by atoms with Gasteiger partial charge in [0.1, 0.15) is 5.82 Å². The fourth-order valence-corrected chi connectivity index (χ4v) is 3.95. The van der Waals surface area contributed by atoms with Crippen molar-refractivity contribution >= 4 is 37.3 Å². The number of fused-ring (bicyclic) bond motifs is 1. The lowest BCUT2D eigenvalue weighted by molar-refractivity contribution is -0.117. The summed E-state index contributed by atoms with van der Waals surface area (Å²) in [6.45, 7) is 0. The van der Waals surface area contributed by atoms with Crippen LogP contribution in [0, 0.1) is 5.82 Å². The number of hydrogen-bond acceptors (Lipinski definition) is 6. The second-order valence-corrected chi connectivity index (χ2v) is 8.23. The number of thiophene rings is 1. The van der Waals surface area contributed by atoms with E-state index in [-0.39, 0.29) is 11.6 Å². The average Bonchev–Trinajstić information content (AvgIpc) is 2.83. The summed E-state index contributed by atoms with van der Waals surface area (Å²) >= 11 is 1.26. The Morgan fingerprint density at radius 2 is 1.96 bits per heavy atom. The lowest BCUT2D eigenvalue weighted by Gasteiger charge is -2.04. The van der Waals surface area contributed by atoms with Crippen LogP contribution < -0.4 is 5.73 Å². The van der Waals surface area contributed by atoms with Crippen LogP contribution in [0.2, 0.25) is 0 Å². The summed E-state index contributed by atoms with van der Waals surface area (Å²) in [5.74, 6) is -0.928. The minimum Gasteiger partial charge on any atom is -0.369 e. The van der Waals surface area contributed by atoms with Gasteiger partial charge in [-0.25, -0.2) is 22.8 Å². The molecule has 0 fully saturated rings. The van der Waals surface area contributed by atoms with Gasteiger partial charge in [-0.3, -0.25) is 4.79 Å². The van der Waals surface area contributed by atoms with Crippen LogP contribution >= 0.6 is 11.3 Å². The first-order valence-electron chi connectivity index (χ1n) is 6.78. The molecule has 0 saturated heterocycles. The maximum atomic E-state index is 13.2. The van der Waals surface area contributed by atoms with Gasteiger partial charge < -0.3 is 5.73 Å². The van der Waals surface area contributed by atoms with Gasteiger partial charge in [0.15, 0.2) is 0 Å². The second kappa shape index (κ2) is 5.91. The summed E-state index contributed by atoms with van der Waals surface area (Å²) in [4.78, 5) is 20.0. The third kappa shape index (κ3) is 3.13. The Morgan fingerprint density at radius 1 is 1.29 bits per heavy atom. The molecule has 0 radical (unpaired) electrons. The lowest BCUT2D eigenvalue weighted by Crippen LogP contribution is -2.13. The Labute approximate surface area is 141 Å². The topological polar surface area (TPSA) is 103 Å². The van der Waals surface area contributed by atoms with E-state index in [9.17, 15) is 17.6 Å². The molecule has 124 valence electrons. The van der Waals surface area contributed by atoms with Crippen molar-refractivity contribution in [1.29, 1.82) is 0 Å². The van der Waals surface area contributed by atoms with Gasteiger partial charge >= 0.3 is 0 Å². The van der Waals surface area contributed by atoms with Gasteiger partial charge in [0, 0.05) is 22.9 Å². The van der Waals surface area contributed by atoms with Gasteiger partial charge in [0.05, 0.1) is 16.6 Å².